The fourth-order valence-electron chi connectivity index (χ4n) is 4.12. The summed E-state index contributed by atoms with van der Waals surface area (Å²) >= 11 is 11.9. The van der Waals surface area contributed by atoms with Gasteiger partial charge in [-0.1, -0.05) is 35.4 Å². The van der Waals surface area contributed by atoms with E-state index in [-0.39, 0.29) is 57.8 Å². The fourth-order valence-corrected chi connectivity index (χ4v) is 4.61. The summed E-state index contributed by atoms with van der Waals surface area (Å²) in [6.45, 7) is -0.316. The van der Waals surface area contributed by atoms with E-state index in [1.54, 1.807) is 0 Å². The molecule has 4 rings (SSSR count). The number of fused-ring (bicyclic) bond motifs is 5. The van der Waals surface area contributed by atoms with E-state index in [0.29, 0.717) is 5.69 Å². The maximum atomic E-state index is 12.6. The molecule has 1 saturated carbocycles. The molecule has 1 aromatic carbocycles. The van der Waals surface area contributed by atoms with Crippen molar-refractivity contribution in [2.75, 3.05) is 17.6 Å². The molecular weight excluding hydrogens is 365 g/mol. The molecule has 2 fully saturated rings. The molecule has 2 bridgehead atoms. The summed E-state index contributed by atoms with van der Waals surface area (Å²) in [5.41, 5.74) is 6.23. The van der Waals surface area contributed by atoms with Crippen LogP contribution in [-0.2, 0) is 14.4 Å². The molecule has 0 spiro atoms. The zero-order valence-electron chi connectivity index (χ0n) is 13.0. The highest BCUT2D eigenvalue weighted by Crippen LogP contribution is 2.52. The lowest BCUT2D eigenvalue weighted by molar-refractivity contribution is -0.143. The molecule has 1 heterocycles. The van der Waals surface area contributed by atoms with Gasteiger partial charge >= 0.3 is 0 Å². The van der Waals surface area contributed by atoms with Gasteiger partial charge in [-0.05, 0) is 30.4 Å². The van der Waals surface area contributed by atoms with E-state index in [1.807, 2.05) is 12.2 Å². The maximum absolute atomic E-state index is 12.6. The highest BCUT2D eigenvalue weighted by Gasteiger charge is 2.59. The third-order valence-electron chi connectivity index (χ3n) is 5.23. The number of nitrogens with one attached hydrogen (secondary N) is 1. The quantitative estimate of drug-likeness (QED) is 0.478. The molecule has 2 aliphatic carbocycles. The first-order chi connectivity index (χ1) is 11.9. The van der Waals surface area contributed by atoms with Crippen molar-refractivity contribution in [3.05, 3.63) is 34.3 Å². The van der Waals surface area contributed by atoms with E-state index in [4.69, 9.17) is 28.9 Å². The number of imide groups is 1. The lowest BCUT2D eigenvalue weighted by Gasteiger charge is -2.17. The van der Waals surface area contributed by atoms with Gasteiger partial charge in [0.15, 0.2) is 0 Å². The van der Waals surface area contributed by atoms with Crippen LogP contribution < -0.4 is 11.1 Å². The SMILES string of the molecule is Nc1c(Cl)cc(NC(=O)CN2C(=O)C3C4C=CC(C4)C3C2=O)cc1Cl. The molecule has 1 aromatic rings. The molecule has 0 radical (unpaired) electrons. The number of nitrogens with zero attached hydrogens (tertiary/aromatic N) is 1. The Kier molecular flexibility index (Phi) is 3.77. The molecule has 0 aromatic heterocycles. The Labute approximate surface area is 153 Å². The summed E-state index contributed by atoms with van der Waals surface area (Å²) in [5, 5.41) is 3.03. The van der Waals surface area contributed by atoms with Crippen molar-refractivity contribution >= 4 is 52.3 Å². The lowest BCUT2D eigenvalue weighted by atomic mass is 9.85. The van der Waals surface area contributed by atoms with Gasteiger partial charge in [0, 0.05) is 5.69 Å². The number of amides is 3. The summed E-state index contributed by atoms with van der Waals surface area (Å²) < 4.78 is 0. The van der Waals surface area contributed by atoms with Crippen LogP contribution in [0.2, 0.25) is 10.0 Å². The Morgan fingerprint density at radius 2 is 1.64 bits per heavy atom. The monoisotopic (exact) mass is 379 g/mol. The first-order valence-electron chi connectivity index (χ1n) is 7.94. The third kappa shape index (κ3) is 2.51. The van der Waals surface area contributed by atoms with Crippen LogP contribution >= 0.6 is 23.2 Å². The Bertz CT molecular complexity index is 785. The maximum Gasteiger partial charge on any atom is 0.244 e. The second-order valence-corrected chi connectivity index (χ2v) is 7.48. The number of likely N-dealkylation sites (tertiary alicyclic amines) is 1. The molecule has 4 atom stereocenters. The van der Waals surface area contributed by atoms with Crippen LogP contribution in [0.1, 0.15) is 6.42 Å². The third-order valence-corrected chi connectivity index (χ3v) is 5.85. The Balaban J connectivity index is 1.47. The molecule has 3 N–H and O–H groups in total. The van der Waals surface area contributed by atoms with Crippen LogP contribution in [0.15, 0.2) is 24.3 Å². The number of carbonyl (C=O) groups is 3. The minimum absolute atomic E-state index is 0.120. The Hall–Kier alpha value is -2.05. The number of halogens is 2. The normalized spacial score (nSPS) is 29.4. The molecule has 130 valence electrons. The fraction of sp³-hybridized carbons (Fsp3) is 0.353. The highest BCUT2D eigenvalue weighted by atomic mass is 35.5. The predicted molar refractivity (Wildman–Crippen MR) is 93.9 cm³/mol. The minimum atomic E-state index is -0.487. The van der Waals surface area contributed by atoms with Crippen LogP contribution in [0.3, 0.4) is 0 Å². The summed E-state index contributed by atoms with van der Waals surface area (Å²) in [4.78, 5) is 38.5. The number of nitrogens with two attached hydrogens (primary N) is 1. The molecule has 25 heavy (non-hydrogen) atoms. The minimum Gasteiger partial charge on any atom is -0.396 e. The van der Waals surface area contributed by atoms with E-state index in [9.17, 15) is 14.4 Å². The summed E-state index contributed by atoms with van der Waals surface area (Å²) in [5.74, 6) is -1.38. The van der Waals surface area contributed by atoms with Crippen LogP contribution in [0.5, 0.6) is 0 Å². The number of benzene rings is 1. The van der Waals surface area contributed by atoms with Crippen molar-refractivity contribution in [1.29, 1.82) is 0 Å². The van der Waals surface area contributed by atoms with Crippen molar-refractivity contribution in [1.82, 2.24) is 4.90 Å². The second kappa shape index (κ2) is 5.75. The van der Waals surface area contributed by atoms with Gasteiger partial charge in [0.2, 0.25) is 17.7 Å². The molecule has 4 unspecified atom stereocenters. The van der Waals surface area contributed by atoms with E-state index in [2.05, 4.69) is 5.32 Å². The summed E-state index contributed by atoms with van der Waals surface area (Å²) in [6.07, 6.45) is 4.88. The summed E-state index contributed by atoms with van der Waals surface area (Å²) in [7, 11) is 0. The molecule has 3 aliphatic rings. The van der Waals surface area contributed by atoms with Gasteiger partial charge in [-0.25, -0.2) is 0 Å². The first kappa shape index (κ1) is 16.4. The van der Waals surface area contributed by atoms with Crippen molar-refractivity contribution in [3.8, 4) is 0 Å². The Morgan fingerprint density at radius 3 is 2.16 bits per heavy atom. The van der Waals surface area contributed by atoms with Gasteiger partial charge in [0.25, 0.3) is 0 Å². The zero-order chi connectivity index (χ0) is 17.9. The van der Waals surface area contributed by atoms with Gasteiger partial charge < -0.3 is 11.1 Å². The van der Waals surface area contributed by atoms with Crippen molar-refractivity contribution in [2.24, 2.45) is 23.7 Å². The van der Waals surface area contributed by atoms with Gasteiger partial charge in [-0.2, -0.15) is 0 Å². The molecule has 3 amide bonds. The smallest absolute Gasteiger partial charge is 0.244 e. The van der Waals surface area contributed by atoms with Crippen molar-refractivity contribution in [3.63, 3.8) is 0 Å². The Morgan fingerprint density at radius 1 is 1.12 bits per heavy atom. The highest BCUT2D eigenvalue weighted by molar-refractivity contribution is 6.39. The van der Waals surface area contributed by atoms with Crippen molar-refractivity contribution in [2.45, 2.75) is 6.42 Å². The van der Waals surface area contributed by atoms with Crippen LogP contribution in [0, 0.1) is 23.7 Å². The molecule has 1 aliphatic heterocycles. The number of carbonyl (C=O) groups excluding carboxylic acids is 3. The van der Waals surface area contributed by atoms with Crippen molar-refractivity contribution < 1.29 is 14.4 Å². The summed E-state index contributed by atoms with van der Waals surface area (Å²) in [6, 6.07) is 2.93. The van der Waals surface area contributed by atoms with Crippen LogP contribution in [-0.4, -0.2) is 29.2 Å². The second-order valence-electron chi connectivity index (χ2n) is 6.66. The van der Waals surface area contributed by atoms with E-state index >= 15 is 0 Å². The van der Waals surface area contributed by atoms with E-state index < -0.39 is 5.91 Å². The standard InChI is InChI=1S/C17H15Cl2N3O3/c18-10-4-9(5-11(19)15(10)20)21-12(23)6-22-16(24)13-7-1-2-8(3-7)14(13)17(22)25/h1-2,4-5,7-8,13-14H,3,6,20H2,(H,21,23). The van der Waals surface area contributed by atoms with E-state index in [1.165, 1.54) is 12.1 Å². The zero-order valence-corrected chi connectivity index (χ0v) is 14.6. The van der Waals surface area contributed by atoms with Gasteiger partial charge in [0.05, 0.1) is 27.6 Å². The lowest BCUT2D eigenvalue weighted by Crippen LogP contribution is -2.39. The van der Waals surface area contributed by atoms with Gasteiger partial charge in [-0.15, -0.1) is 0 Å². The van der Waals surface area contributed by atoms with Gasteiger partial charge in [-0.3, -0.25) is 19.3 Å². The van der Waals surface area contributed by atoms with Crippen LogP contribution in [0.4, 0.5) is 11.4 Å². The predicted octanol–water partition coefficient (Wildman–Crippen LogP) is 2.32. The molecule has 8 heteroatoms. The molecule has 6 nitrogen and oxygen atoms in total. The number of hydrogen-bond acceptors (Lipinski definition) is 4. The average Bonchev–Trinajstić information content (AvgIpc) is 3.22. The number of rotatable bonds is 3. The number of nitrogen functional groups attached to an aromatic ring is 1. The van der Waals surface area contributed by atoms with Crippen LogP contribution in [0.25, 0.3) is 0 Å². The molecular formula is C17H15Cl2N3O3. The first-order valence-corrected chi connectivity index (χ1v) is 8.70. The average molecular weight is 380 g/mol. The number of allylic oxidation sites excluding steroid dienone is 2. The van der Waals surface area contributed by atoms with E-state index in [0.717, 1.165) is 11.3 Å². The molecule has 1 saturated heterocycles. The van der Waals surface area contributed by atoms with Gasteiger partial charge in [0.1, 0.15) is 6.54 Å². The number of anilines is 2. The largest absolute Gasteiger partial charge is 0.396 e. The topological polar surface area (TPSA) is 92.5 Å². The number of hydrogen-bond donors (Lipinski definition) is 2.